The molecular formula is C33H34N6O5. The Bertz CT molecular complexity index is 1670. The fourth-order valence-electron chi connectivity index (χ4n) is 5.78. The SMILES string of the molecule is CCN1CCN(c2ccc(OC)c(-c3ccc(C#C[C@]4(CN5Cc6ccc(OC)cc6C5=O)NC(=O)NC4=O)cc3)n2)CC1. The van der Waals surface area contributed by atoms with E-state index in [1.807, 2.05) is 42.5 Å². The van der Waals surface area contributed by atoms with E-state index in [2.05, 4.69) is 39.2 Å². The van der Waals surface area contributed by atoms with Crippen LogP contribution < -0.4 is 25.0 Å². The van der Waals surface area contributed by atoms with E-state index in [4.69, 9.17) is 14.5 Å². The van der Waals surface area contributed by atoms with Crippen LogP contribution in [0.2, 0.25) is 0 Å². The van der Waals surface area contributed by atoms with E-state index in [9.17, 15) is 14.4 Å². The number of benzene rings is 2. The van der Waals surface area contributed by atoms with Crippen LogP contribution in [0.5, 0.6) is 11.5 Å². The predicted octanol–water partition coefficient (Wildman–Crippen LogP) is 2.49. The number of ether oxygens (including phenoxy) is 2. The molecule has 2 N–H and O–H groups in total. The van der Waals surface area contributed by atoms with Crippen molar-refractivity contribution in [2.45, 2.75) is 19.0 Å². The van der Waals surface area contributed by atoms with Crippen LogP contribution in [0.3, 0.4) is 0 Å². The highest BCUT2D eigenvalue weighted by atomic mass is 16.5. The minimum absolute atomic E-state index is 0.105. The lowest BCUT2D eigenvalue weighted by Gasteiger charge is -2.35. The van der Waals surface area contributed by atoms with Gasteiger partial charge in [0, 0.05) is 49.4 Å². The Morgan fingerprint density at radius 3 is 2.39 bits per heavy atom. The van der Waals surface area contributed by atoms with Crippen molar-refractivity contribution in [1.82, 2.24) is 25.4 Å². The predicted molar refractivity (Wildman–Crippen MR) is 165 cm³/mol. The van der Waals surface area contributed by atoms with Gasteiger partial charge in [-0.3, -0.25) is 14.9 Å². The second-order valence-corrected chi connectivity index (χ2v) is 11.0. The number of anilines is 1. The zero-order chi connectivity index (χ0) is 30.8. The number of likely N-dealkylation sites (N-methyl/N-ethyl adjacent to an activating group) is 1. The number of urea groups is 1. The highest BCUT2D eigenvalue weighted by Gasteiger charge is 2.48. The average Bonchev–Trinajstić information content (AvgIpc) is 3.52. The number of nitrogens with zero attached hydrogens (tertiary/aromatic N) is 4. The van der Waals surface area contributed by atoms with E-state index >= 15 is 0 Å². The van der Waals surface area contributed by atoms with Gasteiger partial charge in [0.1, 0.15) is 23.0 Å². The summed E-state index contributed by atoms with van der Waals surface area (Å²) < 4.78 is 10.9. The minimum atomic E-state index is -1.60. The molecule has 11 nitrogen and oxygen atoms in total. The first kappa shape index (κ1) is 29.0. The van der Waals surface area contributed by atoms with Crippen LogP contribution in [-0.4, -0.2) is 91.7 Å². The van der Waals surface area contributed by atoms with E-state index in [1.165, 1.54) is 12.0 Å². The summed E-state index contributed by atoms with van der Waals surface area (Å²) >= 11 is 0. The van der Waals surface area contributed by atoms with Crippen LogP contribution in [0.25, 0.3) is 11.3 Å². The van der Waals surface area contributed by atoms with Crippen molar-refractivity contribution in [1.29, 1.82) is 0 Å². The van der Waals surface area contributed by atoms with Gasteiger partial charge >= 0.3 is 6.03 Å². The summed E-state index contributed by atoms with van der Waals surface area (Å²) in [6.07, 6.45) is 0. The molecule has 4 amide bonds. The van der Waals surface area contributed by atoms with Crippen molar-refractivity contribution >= 4 is 23.7 Å². The topological polar surface area (TPSA) is 116 Å². The molecule has 0 saturated carbocycles. The highest BCUT2D eigenvalue weighted by molar-refractivity contribution is 6.10. The zero-order valence-electron chi connectivity index (χ0n) is 25.0. The monoisotopic (exact) mass is 594 g/mol. The molecule has 6 rings (SSSR count). The first-order valence-corrected chi connectivity index (χ1v) is 14.6. The summed E-state index contributed by atoms with van der Waals surface area (Å²) in [6, 6.07) is 16.0. The lowest BCUT2D eigenvalue weighted by molar-refractivity contribution is -0.122. The number of methoxy groups -OCH3 is 2. The molecule has 2 aromatic carbocycles. The van der Waals surface area contributed by atoms with Gasteiger partial charge in [-0.25, -0.2) is 9.78 Å². The van der Waals surface area contributed by atoms with Crippen molar-refractivity contribution in [2.75, 3.05) is 58.4 Å². The van der Waals surface area contributed by atoms with Gasteiger partial charge < -0.3 is 29.5 Å². The molecular weight excluding hydrogens is 560 g/mol. The molecule has 3 aliphatic rings. The number of pyridine rings is 1. The number of carbonyl (C=O) groups is 3. The second-order valence-electron chi connectivity index (χ2n) is 11.0. The molecule has 11 heteroatoms. The first-order valence-electron chi connectivity index (χ1n) is 14.6. The Balaban J connectivity index is 1.23. The summed E-state index contributed by atoms with van der Waals surface area (Å²) in [5.41, 5.74) is 1.94. The van der Waals surface area contributed by atoms with Gasteiger partial charge in [-0.1, -0.05) is 37.0 Å². The van der Waals surface area contributed by atoms with Gasteiger partial charge in [-0.05, 0) is 48.5 Å². The van der Waals surface area contributed by atoms with Crippen LogP contribution in [0.1, 0.15) is 28.4 Å². The number of imide groups is 1. The molecule has 3 aliphatic heterocycles. The maximum atomic E-state index is 13.2. The number of amides is 4. The molecule has 44 heavy (non-hydrogen) atoms. The second kappa shape index (κ2) is 11.9. The van der Waals surface area contributed by atoms with Crippen LogP contribution in [0.4, 0.5) is 10.6 Å². The molecule has 0 bridgehead atoms. The molecule has 2 saturated heterocycles. The van der Waals surface area contributed by atoms with Crippen molar-refractivity contribution in [2.24, 2.45) is 0 Å². The summed E-state index contributed by atoms with van der Waals surface area (Å²) in [6.45, 7) is 7.24. The number of fused-ring (bicyclic) bond motifs is 1. The Kier molecular flexibility index (Phi) is 7.84. The van der Waals surface area contributed by atoms with Crippen LogP contribution in [-0.2, 0) is 11.3 Å². The smallest absolute Gasteiger partial charge is 0.323 e. The standard InChI is InChI=1S/C33H34N6O5/c1-4-37-15-17-38(18-16-37)28-12-11-27(44-3)29(34-28)23-7-5-22(6-8-23)13-14-33(31(41)35-32(42)36-33)21-39-20-24-9-10-25(43-2)19-26(24)30(39)40/h5-12,19H,4,15-18,20-21H2,1-3H3,(H2,35,36,41,42)/t33-/m1/s1. The maximum Gasteiger partial charge on any atom is 0.323 e. The van der Waals surface area contributed by atoms with Gasteiger partial charge in [0.15, 0.2) is 0 Å². The van der Waals surface area contributed by atoms with Crippen molar-refractivity contribution in [3.05, 3.63) is 71.3 Å². The molecule has 2 fully saturated rings. The van der Waals surface area contributed by atoms with Gasteiger partial charge in [-0.15, -0.1) is 0 Å². The van der Waals surface area contributed by atoms with Crippen molar-refractivity contribution < 1.29 is 23.9 Å². The Labute approximate surface area is 256 Å². The summed E-state index contributed by atoms with van der Waals surface area (Å²) in [5.74, 6) is 7.29. The quantitative estimate of drug-likeness (QED) is 0.317. The Morgan fingerprint density at radius 1 is 0.955 bits per heavy atom. The molecule has 1 aromatic heterocycles. The van der Waals surface area contributed by atoms with Gasteiger partial charge in [-0.2, -0.15) is 0 Å². The first-order chi connectivity index (χ1) is 21.3. The minimum Gasteiger partial charge on any atom is -0.497 e. The van der Waals surface area contributed by atoms with Crippen LogP contribution >= 0.6 is 0 Å². The molecule has 1 atom stereocenters. The lowest BCUT2D eigenvalue weighted by Crippen LogP contribution is -2.54. The van der Waals surface area contributed by atoms with Crippen molar-refractivity contribution in [3.8, 4) is 34.6 Å². The summed E-state index contributed by atoms with van der Waals surface area (Å²) in [4.78, 5) is 49.6. The van der Waals surface area contributed by atoms with E-state index in [1.54, 1.807) is 19.2 Å². The third-order valence-corrected chi connectivity index (χ3v) is 8.35. The van der Waals surface area contributed by atoms with Gasteiger partial charge in [0.25, 0.3) is 11.8 Å². The Morgan fingerprint density at radius 2 is 1.73 bits per heavy atom. The number of rotatable bonds is 7. The van der Waals surface area contributed by atoms with Gasteiger partial charge in [0.05, 0.1) is 20.8 Å². The van der Waals surface area contributed by atoms with E-state index in [0.717, 1.165) is 55.4 Å². The normalized spacial score (nSPS) is 19.7. The number of carbonyl (C=O) groups excluding carboxylic acids is 3. The third-order valence-electron chi connectivity index (χ3n) is 8.35. The number of hydrogen-bond acceptors (Lipinski definition) is 8. The van der Waals surface area contributed by atoms with Gasteiger partial charge in [0.2, 0.25) is 5.54 Å². The summed E-state index contributed by atoms with van der Waals surface area (Å²) in [7, 11) is 3.16. The van der Waals surface area contributed by atoms with E-state index < -0.39 is 17.5 Å². The largest absolute Gasteiger partial charge is 0.497 e. The summed E-state index contributed by atoms with van der Waals surface area (Å²) in [5, 5.41) is 4.93. The lowest BCUT2D eigenvalue weighted by atomic mass is 9.98. The maximum absolute atomic E-state index is 13.2. The fourth-order valence-corrected chi connectivity index (χ4v) is 5.78. The molecule has 3 aromatic rings. The molecule has 0 radical (unpaired) electrons. The average molecular weight is 595 g/mol. The third kappa shape index (κ3) is 5.52. The number of aromatic nitrogens is 1. The number of hydrogen-bond donors (Lipinski definition) is 2. The Hall–Kier alpha value is -5.08. The molecule has 0 unspecified atom stereocenters. The molecule has 4 heterocycles. The molecule has 226 valence electrons. The van der Waals surface area contributed by atoms with E-state index in [-0.39, 0.29) is 12.5 Å². The van der Waals surface area contributed by atoms with Crippen molar-refractivity contribution in [3.63, 3.8) is 0 Å². The molecule has 0 spiro atoms. The number of nitrogens with one attached hydrogen (secondary N) is 2. The molecule has 0 aliphatic carbocycles. The van der Waals surface area contributed by atoms with Crippen LogP contribution in [0.15, 0.2) is 54.6 Å². The van der Waals surface area contributed by atoms with E-state index in [0.29, 0.717) is 29.2 Å². The zero-order valence-corrected chi connectivity index (χ0v) is 25.0. The number of piperazine rings is 1. The van der Waals surface area contributed by atoms with Crippen LogP contribution in [0, 0.1) is 11.8 Å². The fraction of sp³-hybridized carbons (Fsp3) is 0.333. The highest BCUT2D eigenvalue weighted by Crippen LogP contribution is 2.32.